The molecule has 84 valence electrons. The molecular weight excluding hydrogens is 172 g/mol. The van der Waals surface area contributed by atoms with Gasteiger partial charge in [-0.25, -0.2) is 0 Å². The van der Waals surface area contributed by atoms with Crippen LogP contribution in [-0.4, -0.2) is 31.1 Å². The van der Waals surface area contributed by atoms with Crippen molar-refractivity contribution in [1.82, 2.24) is 4.90 Å². The summed E-state index contributed by atoms with van der Waals surface area (Å²) in [4.78, 5) is 2.42. The SMILES string of the molecule is C=C(C)CN(CC)CC(CN)C(C)C. The number of rotatable bonds is 7. The second-order valence-corrected chi connectivity index (χ2v) is 4.52. The highest BCUT2D eigenvalue weighted by molar-refractivity contribution is 4.92. The fraction of sp³-hybridized carbons (Fsp3) is 0.833. The summed E-state index contributed by atoms with van der Waals surface area (Å²) in [6, 6.07) is 0. The Kier molecular flexibility index (Phi) is 6.85. The Balaban J connectivity index is 4.07. The molecule has 2 heteroatoms. The molecule has 0 aliphatic rings. The fourth-order valence-corrected chi connectivity index (χ4v) is 1.58. The van der Waals surface area contributed by atoms with E-state index in [2.05, 4.69) is 39.2 Å². The van der Waals surface area contributed by atoms with Crippen LogP contribution in [0.25, 0.3) is 0 Å². The zero-order valence-electron chi connectivity index (χ0n) is 10.2. The van der Waals surface area contributed by atoms with Crippen LogP contribution in [-0.2, 0) is 0 Å². The highest BCUT2D eigenvalue weighted by Gasteiger charge is 2.14. The quantitative estimate of drug-likeness (QED) is 0.635. The summed E-state index contributed by atoms with van der Waals surface area (Å²) in [7, 11) is 0. The van der Waals surface area contributed by atoms with Gasteiger partial charge in [-0.3, -0.25) is 4.90 Å². The average molecular weight is 198 g/mol. The van der Waals surface area contributed by atoms with Crippen LogP contribution in [0.5, 0.6) is 0 Å². The van der Waals surface area contributed by atoms with Crippen molar-refractivity contribution in [2.75, 3.05) is 26.2 Å². The first-order valence-corrected chi connectivity index (χ1v) is 5.58. The molecule has 0 saturated carbocycles. The number of likely N-dealkylation sites (N-methyl/N-ethyl adjacent to an activating group) is 1. The van der Waals surface area contributed by atoms with Crippen LogP contribution in [0.3, 0.4) is 0 Å². The number of nitrogens with zero attached hydrogens (tertiary/aromatic N) is 1. The van der Waals surface area contributed by atoms with E-state index in [1.165, 1.54) is 5.57 Å². The van der Waals surface area contributed by atoms with Gasteiger partial charge in [0.05, 0.1) is 0 Å². The van der Waals surface area contributed by atoms with E-state index in [9.17, 15) is 0 Å². The smallest absolute Gasteiger partial charge is 0.0187 e. The maximum absolute atomic E-state index is 5.76. The lowest BCUT2D eigenvalue weighted by atomic mass is 9.95. The Morgan fingerprint density at radius 3 is 2.29 bits per heavy atom. The van der Waals surface area contributed by atoms with Gasteiger partial charge in [0, 0.05) is 13.1 Å². The van der Waals surface area contributed by atoms with Crippen molar-refractivity contribution in [1.29, 1.82) is 0 Å². The van der Waals surface area contributed by atoms with E-state index in [0.717, 1.165) is 26.2 Å². The van der Waals surface area contributed by atoms with Gasteiger partial charge in [-0.2, -0.15) is 0 Å². The number of hydrogen-bond acceptors (Lipinski definition) is 2. The summed E-state index contributed by atoms with van der Waals surface area (Å²) in [5.74, 6) is 1.27. The molecule has 0 amide bonds. The second-order valence-electron chi connectivity index (χ2n) is 4.52. The Labute approximate surface area is 89.2 Å². The van der Waals surface area contributed by atoms with E-state index in [0.29, 0.717) is 11.8 Å². The molecule has 0 aromatic rings. The van der Waals surface area contributed by atoms with E-state index in [4.69, 9.17) is 5.73 Å². The van der Waals surface area contributed by atoms with Crippen LogP contribution >= 0.6 is 0 Å². The van der Waals surface area contributed by atoms with Gasteiger partial charge in [0.1, 0.15) is 0 Å². The fourth-order valence-electron chi connectivity index (χ4n) is 1.58. The lowest BCUT2D eigenvalue weighted by Gasteiger charge is -2.28. The van der Waals surface area contributed by atoms with Gasteiger partial charge in [-0.1, -0.05) is 32.9 Å². The minimum Gasteiger partial charge on any atom is -0.330 e. The molecule has 0 aliphatic heterocycles. The van der Waals surface area contributed by atoms with Crippen molar-refractivity contribution in [2.24, 2.45) is 17.6 Å². The number of hydrogen-bond donors (Lipinski definition) is 1. The molecule has 2 nitrogen and oxygen atoms in total. The summed E-state index contributed by atoms with van der Waals surface area (Å²) in [6.07, 6.45) is 0. The zero-order valence-corrected chi connectivity index (χ0v) is 10.2. The third-order valence-corrected chi connectivity index (χ3v) is 2.68. The minimum absolute atomic E-state index is 0.606. The van der Waals surface area contributed by atoms with E-state index >= 15 is 0 Å². The molecule has 0 heterocycles. The summed E-state index contributed by atoms with van der Waals surface area (Å²) in [5.41, 5.74) is 6.99. The topological polar surface area (TPSA) is 29.3 Å². The molecular formula is C12H26N2. The normalized spacial score (nSPS) is 13.6. The van der Waals surface area contributed by atoms with Gasteiger partial charge in [-0.15, -0.1) is 0 Å². The Hall–Kier alpha value is -0.340. The molecule has 0 aromatic carbocycles. The van der Waals surface area contributed by atoms with Gasteiger partial charge in [0.25, 0.3) is 0 Å². The first-order chi connectivity index (χ1) is 6.51. The maximum Gasteiger partial charge on any atom is 0.0187 e. The first-order valence-electron chi connectivity index (χ1n) is 5.58. The molecule has 0 rings (SSSR count). The third-order valence-electron chi connectivity index (χ3n) is 2.68. The van der Waals surface area contributed by atoms with Gasteiger partial charge >= 0.3 is 0 Å². The predicted octanol–water partition coefficient (Wildman–Crippen LogP) is 2.12. The summed E-state index contributed by atoms with van der Waals surface area (Å²) in [6.45, 7) is 16.7. The van der Waals surface area contributed by atoms with E-state index in [1.54, 1.807) is 0 Å². The molecule has 1 atom stereocenters. The molecule has 0 spiro atoms. The van der Waals surface area contributed by atoms with Gasteiger partial charge in [0.2, 0.25) is 0 Å². The molecule has 0 aliphatic carbocycles. The standard InChI is InChI=1S/C12H26N2/c1-6-14(8-10(2)3)9-12(7-13)11(4)5/h11-12H,2,6-9,13H2,1,3-5H3. The van der Waals surface area contributed by atoms with Crippen molar-refractivity contribution in [3.8, 4) is 0 Å². The molecule has 0 fully saturated rings. The lowest BCUT2D eigenvalue weighted by Crippen LogP contribution is -2.36. The van der Waals surface area contributed by atoms with Crippen molar-refractivity contribution in [3.05, 3.63) is 12.2 Å². The summed E-state index contributed by atoms with van der Waals surface area (Å²) in [5, 5.41) is 0. The van der Waals surface area contributed by atoms with Crippen molar-refractivity contribution < 1.29 is 0 Å². The van der Waals surface area contributed by atoms with E-state index < -0.39 is 0 Å². The predicted molar refractivity (Wildman–Crippen MR) is 64.3 cm³/mol. The van der Waals surface area contributed by atoms with Crippen LogP contribution in [0.2, 0.25) is 0 Å². The molecule has 1 unspecified atom stereocenters. The van der Waals surface area contributed by atoms with Crippen molar-refractivity contribution in [2.45, 2.75) is 27.7 Å². The van der Waals surface area contributed by atoms with Crippen LogP contribution in [0, 0.1) is 11.8 Å². The van der Waals surface area contributed by atoms with Crippen LogP contribution in [0.15, 0.2) is 12.2 Å². The van der Waals surface area contributed by atoms with Crippen molar-refractivity contribution >= 4 is 0 Å². The first kappa shape index (κ1) is 13.7. The molecule has 0 bridgehead atoms. The highest BCUT2D eigenvalue weighted by atomic mass is 15.1. The van der Waals surface area contributed by atoms with Gasteiger partial charge in [0.15, 0.2) is 0 Å². The number of nitrogens with two attached hydrogens (primary N) is 1. The zero-order chi connectivity index (χ0) is 11.1. The third kappa shape index (κ3) is 5.40. The second kappa shape index (κ2) is 7.02. The minimum atomic E-state index is 0.606. The Bertz CT molecular complexity index is 164. The van der Waals surface area contributed by atoms with Gasteiger partial charge in [-0.05, 0) is 31.8 Å². The summed E-state index contributed by atoms with van der Waals surface area (Å²) >= 11 is 0. The molecule has 14 heavy (non-hydrogen) atoms. The van der Waals surface area contributed by atoms with E-state index in [-0.39, 0.29) is 0 Å². The average Bonchev–Trinajstić information content (AvgIpc) is 2.10. The van der Waals surface area contributed by atoms with Gasteiger partial charge < -0.3 is 5.73 Å². The Morgan fingerprint density at radius 2 is 2.00 bits per heavy atom. The highest BCUT2D eigenvalue weighted by Crippen LogP contribution is 2.11. The summed E-state index contributed by atoms with van der Waals surface area (Å²) < 4.78 is 0. The van der Waals surface area contributed by atoms with Crippen LogP contribution in [0.4, 0.5) is 0 Å². The molecule has 2 N–H and O–H groups in total. The van der Waals surface area contributed by atoms with E-state index in [1.807, 2.05) is 0 Å². The monoisotopic (exact) mass is 198 g/mol. The van der Waals surface area contributed by atoms with Crippen molar-refractivity contribution in [3.63, 3.8) is 0 Å². The lowest BCUT2D eigenvalue weighted by molar-refractivity contribution is 0.227. The largest absolute Gasteiger partial charge is 0.330 e. The van der Waals surface area contributed by atoms with Crippen LogP contribution in [0.1, 0.15) is 27.7 Å². The molecule has 0 radical (unpaired) electrons. The molecule has 0 aromatic heterocycles. The molecule has 0 saturated heterocycles. The Morgan fingerprint density at radius 1 is 1.43 bits per heavy atom. The van der Waals surface area contributed by atoms with Crippen LogP contribution < -0.4 is 5.73 Å². The maximum atomic E-state index is 5.76.